The number of carbonyl (C=O) groups excluding carboxylic acids is 1. The maximum absolute atomic E-state index is 11.0. The molecule has 0 saturated heterocycles. The van der Waals surface area contributed by atoms with Gasteiger partial charge in [-0.15, -0.1) is 24.0 Å². The van der Waals surface area contributed by atoms with Crippen molar-refractivity contribution in [3.05, 3.63) is 59.0 Å². The van der Waals surface area contributed by atoms with Crippen LogP contribution in [0, 0.1) is 6.92 Å². The number of aryl methyl sites for hydroxylation is 1. The molecule has 0 atom stereocenters. The molecule has 0 saturated carbocycles. The summed E-state index contributed by atoms with van der Waals surface area (Å²) in [7, 11) is 1.70. The summed E-state index contributed by atoms with van der Waals surface area (Å²) in [6.45, 7) is 3.17. The first-order valence-electron chi connectivity index (χ1n) is 6.97. The molecule has 0 aliphatic heterocycles. The van der Waals surface area contributed by atoms with Gasteiger partial charge in [0.05, 0.1) is 6.54 Å². The molecule has 0 aliphatic rings. The molecule has 7 heteroatoms. The first-order valence-corrected chi connectivity index (χ1v) is 6.97. The van der Waals surface area contributed by atoms with Gasteiger partial charge in [0, 0.05) is 13.6 Å². The summed E-state index contributed by atoms with van der Waals surface area (Å²) in [6.07, 6.45) is 0. The van der Waals surface area contributed by atoms with E-state index in [1.54, 1.807) is 19.2 Å². The number of nitrogens with one attached hydrogen (secondary N) is 2. The molecule has 0 aliphatic carbocycles. The molecule has 1 heterocycles. The zero-order chi connectivity index (χ0) is 15.9. The third-order valence-electron chi connectivity index (χ3n) is 3.27. The van der Waals surface area contributed by atoms with E-state index in [1.807, 2.05) is 12.1 Å². The number of hydrogen-bond acceptors (Lipinski definition) is 3. The number of nitrogens with two attached hydrogens (primary N) is 1. The second-order valence-corrected chi connectivity index (χ2v) is 4.84. The number of carbonyl (C=O) groups is 1. The van der Waals surface area contributed by atoms with Crippen molar-refractivity contribution >= 4 is 35.8 Å². The first-order chi connectivity index (χ1) is 10.6. The van der Waals surface area contributed by atoms with Gasteiger partial charge < -0.3 is 20.8 Å². The van der Waals surface area contributed by atoms with E-state index < -0.39 is 5.91 Å². The monoisotopic (exact) mass is 428 g/mol. The van der Waals surface area contributed by atoms with Gasteiger partial charge in [-0.2, -0.15) is 0 Å². The van der Waals surface area contributed by atoms with E-state index in [1.165, 1.54) is 11.1 Å². The molecule has 0 radical (unpaired) electrons. The SMILES string of the molecule is CN=C(NCc1ccc(C(N)=O)o1)NCc1ccccc1C.I. The fraction of sp³-hybridized carbons (Fsp3) is 0.250. The summed E-state index contributed by atoms with van der Waals surface area (Å²) in [5.41, 5.74) is 7.58. The topological polar surface area (TPSA) is 92.6 Å². The molecule has 0 fully saturated rings. The summed E-state index contributed by atoms with van der Waals surface area (Å²) < 4.78 is 5.30. The molecule has 0 unspecified atom stereocenters. The van der Waals surface area contributed by atoms with E-state index in [9.17, 15) is 4.79 Å². The van der Waals surface area contributed by atoms with E-state index >= 15 is 0 Å². The minimum atomic E-state index is -0.576. The highest BCUT2D eigenvalue weighted by Gasteiger charge is 2.07. The molecule has 6 nitrogen and oxygen atoms in total. The minimum absolute atomic E-state index is 0. The quantitative estimate of drug-likeness (QED) is 0.387. The van der Waals surface area contributed by atoms with E-state index in [0.717, 1.165) is 0 Å². The van der Waals surface area contributed by atoms with Crippen molar-refractivity contribution in [2.45, 2.75) is 20.0 Å². The van der Waals surface area contributed by atoms with Crippen LogP contribution in [0.3, 0.4) is 0 Å². The Morgan fingerprint density at radius 1 is 1.17 bits per heavy atom. The molecule has 23 heavy (non-hydrogen) atoms. The van der Waals surface area contributed by atoms with Crippen LogP contribution in [-0.2, 0) is 13.1 Å². The highest BCUT2D eigenvalue weighted by molar-refractivity contribution is 14.0. The van der Waals surface area contributed by atoms with Crippen LogP contribution in [0.1, 0.15) is 27.4 Å². The number of rotatable bonds is 5. The lowest BCUT2D eigenvalue weighted by Crippen LogP contribution is -2.36. The number of furan rings is 1. The maximum atomic E-state index is 11.0. The van der Waals surface area contributed by atoms with Crippen LogP contribution in [0.5, 0.6) is 0 Å². The molecule has 0 bridgehead atoms. The fourth-order valence-electron chi connectivity index (χ4n) is 1.98. The number of amides is 1. The largest absolute Gasteiger partial charge is 0.454 e. The zero-order valence-corrected chi connectivity index (χ0v) is 15.5. The summed E-state index contributed by atoms with van der Waals surface area (Å²) in [5, 5.41) is 6.35. The Bertz CT molecular complexity index is 682. The normalized spacial score (nSPS) is 10.8. The smallest absolute Gasteiger partial charge is 0.284 e. The molecular weight excluding hydrogens is 407 g/mol. The molecule has 1 amide bonds. The summed E-state index contributed by atoms with van der Waals surface area (Å²) in [4.78, 5) is 15.1. The number of primary amides is 1. The Labute approximate surface area is 152 Å². The highest BCUT2D eigenvalue weighted by Crippen LogP contribution is 2.07. The molecule has 1 aromatic carbocycles. The molecule has 1 aromatic heterocycles. The van der Waals surface area contributed by atoms with E-state index in [0.29, 0.717) is 24.8 Å². The summed E-state index contributed by atoms with van der Waals surface area (Å²) >= 11 is 0. The van der Waals surface area contributed by atoms with Crippen LogP contribution in [-0.4, -0.2) is 18.9 Å². The van der Waals surface area contributed by atoms with Crippen molar-refractivity contribution in [2.75, 3.05) is 7.05 Å². The van der Waals surface area contributed by atoms with Gasteiger partial charge in [-0.1, -0.05) is 24.3 Å². The Hall–Kier alpha value is -2.03. The van der Waals surface area contributed by atoms with Crippen molar-refractivity contribution in [3.63, 3.8) is 0 Å². The second-order valence-electron chi connectivity index (χ2n) is 4.84. The fourth-order valence-corrected chi connectivity index (χ4v) is 1.98. The standard InChI is InChI=1S/C16H20N4O2.HI/c1-11-5-3-4-6-12(11)9-19-16(18-2)20-10-13-7-8-14(22-13)15(17)21;/h3-8H,9-10H2,1-2H3,(H2,17,21)(H2,18,19,20);1H. The van der Waals surface area contributed by atoms with Gasteiger partial charge in [0.25, 0.3) is 5.91 Å². The number of hydrogen-bond donors (Lipinski definition) is 3. The van der Waals surface area contributed by atoms with Gasteiger partial charge in [0.2, 0.25) is 0 Å². The van der Waals surface area contributed by atoms with Gasteiger partial charge in [-0.25, -0.2) is 0 Å². The number of benzene rings is 1. The molecule has 4 N–H and O–H groups in total. The van der Waals surface area contributed by atoms with Crippen molar-refractivity contribution in [3.8, 4) is 0 Å². The van der Waals surface area contributed by atoms with Crippen molar-refractivity contribution in [2.24, 2.45) is 10.7 Å². The maximum Gasteiger partial charge on any atom is 0.284 e. The van der Waals surface area contributed by atoms with Crippen molar-refractivity contribution in [1.29, 1.82) is 0 Å². The highest BCUT2D eigenvalue weighted by atomic mass is 127. The van der Waals surface area contributed by atoms with E-state index in [-0.39, 0.29) is 29.7 Å². The van der Waals surface area contributed by atoms with E-state index in [4.69, 9.17) is 10.2 Å². The lowest BCUT2D eigenvalue weighted by molar-refractivity contribution is 0.0972. The summed E-state index contributed by atoms with van der Waals surface area (Å²) in [6, 6.07) is 11.4. The second kappa shape index (κ2) is 9.19. The molecular formula is C16H21IN4O2. The predicted molar refractivity (Wildman–Crippen MR) is 101 cm³/mol. The van der Waals surface area contributed by atoms with Gasteiger partial charge in [0.15, 0.2) is 11.7 Å². The Morgan fingerprint density at radius 3 is 2.48 bits per heavy atom. The third-order valence-corrected chi connectivity index (χ3v) is 3.27. The number of halogens is 1. The lowest BCUT2D eigenvalue weighted by Gasteiger charge is -2.12. The van der Waals surface area contributed by atoms with Gasteiger partial charge in [-0.3, -0.25) is 9.79 Å². The molecule has 2 rings (SSSR count). The van der Waals surface area contributed by atoms with Crippen LogP contribution in [0.4, 0.5) is 0 Å². The lowest BCUT2D eigenvalue weighted by atomic mass is 10.1. The van der Waals surface area contributed by atoms with Gasteiger partial charge in [0.1, 0.15) is 5.76 Å². The van der Waals surface area contributed by atoms with Gasteiger partial charge in [-0.05, 0) is 30.2 Å². The summed E-state index contributed by atoms with van der Waals surface area (Å²) in [5.74, 6) is 0.848. The third kappa shape index (κ3) is 5.59. The minimum Gasteiger partial charge on any atom is -0.454 e. The van der Waals surface area contributed by atoms with Crippen LogP contribution in [0.15, 0.2) is 45.8 Å². The predicted octanol–water partition coefficient (Wildman–Crippen LogP) is 2.17. The van der Waals surface area contributed by atoms with Crippen molar-refractivity contribution < 1.29 is 9.21 Å². The Kier molecular flexibility index (Phi) is 7.60. The van der Waals surface area contributed by atoms with Crippen LogP contribution >= 0.6 is 24.0 Å². The van der Waals surface area contributed by atoms with Crippen LogP contribution in [0.2, 0.25) is 0 Å². The average Bonchev–Trinajstić information content (AvgIpc) is 2.98. The molecule has 2 aromatic rings. The van der Waals surface area contributed by atoms with Crippen LogP contribution in [0.25, 0.3) is 0 Å². The Morgan fingerprint density at radius 2 is 1.87 bits per heavy atom. The first kappa shape index (κ1) is 19.0. The Balaban J connectivity index is 0.00000264. The van der Waals surface area contributed by atoms with E-state index in [2.05, 4.69) is 34.7 Å². The molecule has 124 valence electrons. The number of nitrogens with zero attached hydrogens (tertiary/aromatic N) is 1. The van der Waals surface area contributed by atoms with Crippen molar-refractivity contribution in [1.82, 2.24) is 10.6 Å². The van der Waals surface area contributed by atoms with Gasteiger partial charge >= 0.3 is 0 Å². The van der Waals surface area contributed by atoms with Crippen LogP contribution < -0.4 is 16.4 Å². The molecule has 0 spiro atoms. The average molecular weight is 428 g/mol. The number of aliphatic imine (C=N–C) groups is 1. The zero-order valence-electron chi connectivity index (χ0n) is 13.1. The number of guanidine groups is 1.